The van der Waals surface area contributed by atoms with Gasteiger partial charge in [0.05, 0.1) is 10.6 Å². The average molecular weight is 282 g/mol. The molecule has 2 rings (SSSR count). The number of hydrogen-bond acceptors (Lipinski definition) is 3. The van der Waals surface area contributed by atoms with Gasteiger partial charge >= 0.3 is 0 Å². The molecule has 0 aliphatic heterocycles. The number of nitrogens with one attached hydrogen (secondary N) is 2. The van der Waals surface area contributed by atoms with Crippen LogP contribution in [0.2, 0.25) is 5.02 Å². The number of carbonyl (C=O) groups excluding carboxylic acids is 1. The van der Waals surface area contributed by atoms with E-state index in [1.165, 1.54) is 12.8 Å². The van der Waals surface area contributed by atoms with Crippen LogP contribution in [0.5, 0.6) is 0 Å². The lowest BCUT2D eigenvalue weighted by atomic mass is 10.2. The number of halogens is 1. The predicted octanol–water partition coefficient (Wildman–Crippen LogP) is 3.09. The Kier molecular flexibility index (Phi) is 4.64. The lowest BCUT2D eigenvalue weighted by Crippen LogP contribution is -2.27. The zero-order valence-electron chi connectivity index (χ0n) is 11.4. The van der Waals surface area contributed by atoms with Crippen molar-refractivity contribution < 1.29 is 4.79 Å². The van der Waals surface area contributed by atoms with Crippen LogP contribution in [-0.2, 0) is 0 Å². The number of hydrogen-bond donors (Lipinski definition) is 2. The van der Waals surface area contributed by atoms with Crippen LogP contribution in [0, 0.1) is 5.92 Å². The van der Waals surface area contributed by atoms with Gasteiger partial charge < -0.3 is 10.6 Å². The van der Waals surface area contributed by atoms with Crippen LogP contribution in [0.1, 0.15) is 43.5 Å². The Morgan fingerprint density at radius 2 is 2.32 bits per heavy atom. The molecule has 1 heterocycles. The smallest absolute Gasteiger partial charge is 0.253 e. The molecule has 1 aliphatic rings. The number of aromatic nitrogens is 1. The van der Waals surface area contributed by atoms with Crippen LogP contribution in [0.25, 0.3) is 0 Å². The molecule has 1 aromatic heterocycles. The average Bonchev–Trinajstić information content (AvgIpc) is 3.10. The first kappa shape index (κ1) is 14.1. The summed E-state index contributed by atoms with van der Waals surface area (Å²) in [7, 11) is 0. The van der Waals surface area contributed by atoms with Gasteiger partial charge in [-0.05, 0) is 31.7 Å². The van der Waals surface area contributed by atoms with Crippen LogP contribution < -0.4 is 10.6 Å². The van der Waals surface area contributed by atoms with E-state index in [1.807, 2.05) is 6.92 Å². The number of nitrogens with zero attached hydrogens (tertiary/aromatic N) is 1. The topological polar surface area (TPSA) is 54.0 Å². The van der Waals surface area contributed by atoms with Crippen LogP contribution in [0.4, 0.5) is 5.82 Å². The highest BCUT2D eigenvalue weighted by Gasteiger charge is 2.37. The monoisotopic (exact) mass is 281 g/mol. The Morgan fingerprint density at radius 3 is 2.95 bits per heavy atom. The lowest BCUT2D eigenvalue weighted by Gasteiger charge is -2.08. The molecular formula is C14H20ClN3O. The van der Waals surface area contributed by atoms with Gasteiger partial charge in [-0.15, -0.1) is 0 Å². The highest BCUT2D eigenvalue weighted by molar-refractivity contribution is 6.33. The standard InChI is InChI=1S/C14H20ClN3O/c1-3-5-9-7-12(9)18-14(19)10-6-11(15)13(16-4-2)17-8-10/h6,8-9,12H,3-5,7H2,1-2H3,(H,16,17)(H,18,19). The molecule has 19 heavy (non-hydrogen) atoms. The number of pyridine rings is 1. The van der Waals surface area contributed by atoms with Crippen LogP contribution in [0.3, 0.4) is 0 Å². The van der Waals surface area contributed by atoms with Gasteiger partial charge in [-0.3, -0.25) is 4.79 Å². The minimum atomic E-state index is -0.0824. The SMILES string of the molecule is CCCC1CC1NC(=O)c1cnc(NCC)c(Cl)c1. The summed E-state index contributed by atoms with van der Waals surface area (Å²) < 4.78 is 0. The Hall–Kier alpha value is -1.29. The van der Waals surface area contributed by atoms with Crippen molar-refractivity contribution in [1.29, 1.82) is 0 Å². The van der Waals surface area contributed by atoms with E-state index in [9.17, 15) is 4.79 Å². The van der Waals surface area contributed by atoms with Gasteiger partial charge in [0.25, 0.3) is 5.91 Å². The van der Waals surface area contributed by atoms with Crippen molar-refractivity contribution in [3.8, 4) is 0 Å². The molecule has 2 unspecified atom stereocenters. The van der Waals surface area contributed by atoms with Crippen molar-refractivity contribution in [3.63, 3.8) is 0 Å². The highest BCUT2D eigenvalue weighted by Crippen LogP contribution is 2.34. The highest BCUT2D eigenvalue weighted by atomic mass is 35.5. The number of amides is 1. The molecule has 2 N–H and O–H groups in total. The Morgan fingerprint density at radius 1 is 1.53 bits per heavy atom. The summed E-state index contributed by atoms with van der Waals surface area (Å²) in [5.74, 6) is 1.19. The van der Waals surface area contributed by atoms with E-state index < -0.39 is 0 Å². The second kappa shape index (κ2) is 6.24. The molecule has 4 nitrogen and oxygen atoms in total. The minimum Gasteiger partial charge on any atom is -0.369 e. The van der Waals surface area contributed by atoms with Crippen molar-refractivity contribution in [2.75, 3.05) is 11.9 Å². The molecule has 1 amide bonds. The van der Waals surface area contributed by atoms with Crippen molar-refractivity contribution in [3.05, 3.63) is 22.8 Å². The molecule has 0 spiro atoms. The van der Waals surface area contributed by atoms with Gasteiger partial charge in [0.2, 0.25) is 0 Å². The molecule has 1 aromatic rings. The second-order valence-corrected chi connectivity index (χ2v) is 5.36. The second-order valence-electron chi connectivity index (χ2n) is 4.95. The Balaban J connectivity index is 1.94. The zero-order chi connectivity index (χ0) is 13.8. The van der Waals surface area contributed by atoms with Crippen LogP contribution >= 0.6 is 11.6 Å². The van der Waals surface area contributed by atoms with Gasteiger partial charge in [0, 0.05) is 18.8 Å². The van der Waals surface area contributed by atoms with Crippen molar-refractivity contribution in [2.45, 2.75) is 39.2 Å². The Bertz CT molecular complexity index is 464. The van der Waals surface area contributed by atoms with Crippen LogP contribution in [-0.4, -0.2) is 23.5 Å². The molecule has 0 saturated heterocycles. The van der Waals surface area contributed by atoms with E-state index in [0.717, 1.165) is 13.0 Å². The van der Waals surface area contributed by atoms with E-state index in [-0.39, 0.29) is 5.91 Å². The van der Waals surface area contributed by atoms with Gasteiger partial charge in [0.1, 0.15) is 5.82 Å². The van der Waals surface area contributed by atoms with Gasteiger partial charge in [0.15, 0.2) is 0 Å². The largest absolute Gasteiger partial charge is 0.369 e. The van der Waals surface area contributed by atoms with Gasteiger partial charge in [-0.1, -0.05) is 24.9 Å². The summed E-state index contributed by atoms with van der Waals surface area (Å²) in [4.78, 5) is 16.2. The zero-order valence-corrected chi connectivity index (χ0v) is 12.1. The van der Waals surface area contributed by atoms with E-state index in [2.05, 4.69) is 22.5 Å². The third-order valence-electron chi connectivity index (χ3n) is 3.35. The van der Waals surface area contributed by atoms with E-state index in [4.69, 9.17) is 11.6 Å². The van der Waals surface area contributed by atoms with Crippen molar-refractivity contribution in [2.24, 2.45) is 5.92 Å². The van der Waals surface area contributed by atoms with Crippen LogP contribution in [0.15, 0.2) is 12.3 Å². The molecule has 1 fully saturated rings. The fraction of sp³-hybridized carbons (Fsp3) is 0.571. The van der Waals surface area contributed by atoms with E-state index >= 15 is 0 Å². The summed E-state index contributed by atoms with van der Waals surface area (Å²) in [6.45, 7) is 4.89. The summed E-state index contributed by atoms with van der Waals surface area (Å²) in [5, 5.41) is 6.55. The molecule has 0 aromatic carbocycles. The van der Waals surface area contributed by atoms with Crippen molar-refractivity contribution >= 4 is 23.3 Å². The quantitative estimate of drug-likeness (QED) is 0.842. The number of anilines is 1. The molecule has 0 bridgehead atoms. The van der Waals surface area contributed by atoms with E-state index in [0.29, 0.717) is 28.4 Å². The third-order valence-corrected chi connectivity index (χ3v) is 3.63. The van der Waals surface area contributed by atoms with Crippen molar-refractivity contribution in [1.82, 2.24) is 10.3 Å². The molecule has 104 valence electrons. The molecule has 0 radical (unpaired) electrons. The third kappa shape index (κ3) is 3.60. The first-order valence-corrected chi connectivity index (χ1v) is 7.23. The molecule has 5 heteroatoms. The fourth-order valence-electron chi connectivity index (χ4n) is 2.23. The summed E-state index contributed by atoms with van der Waals surface area (Å²) in [5.41, 5.74) is 0.522. The number of carbonyl (C=O) groups is 1. The summed E-state index contributed by atoms with van der Waals surface area (Å²) in [6, 6.07) is 2.00. The fourth-order valence-corrected chi connectivity index (χ4v) is 2.46. The van der Waals surface area contributed by atoms with Gasteiger partial charge in [-0.2, -0.15) is 0 Å². The van der Waals surface area contributed by atoms with Gasteiger partial charge in [-0.25, -0.2) is 4.98 Å². The normalized spacial score (nSPS) is 21.0. The maximum absolute atomic E-state index is 12.0. The maximum Gasteiger partial charge on any atom is 0.253 e. The summed E-state index contributed by atoms with van der Waals surface area (Å²) in [6.07, 6.45) is 5.01. The lowest BCUT2D eigenvalue weighted by molar-refractivity contribution is 0.0948. The first-order chi connectivity index (χ1) is 9.15. The molecule has 1 aliphatic carbocycles. The molecule has 2 atom stereocenters. The summed E-state index contributed by atoms with van der Waals surface area (Å²) >= 11 is 6.08. The predicted molar refractivity (Wildman–Crippen MR) is 77.7 cm³/mol. The Labute approximate surface area is 118 Å². The number of rotatable bonds is 6. The molecule has 1 saturated carbocycles. The van der Waals surface area contributed by atoms with E-state index in [1.54, 1.807) is 12.3 Å². The minimum absolute atomic E-state index is 0.0824. The molecular weight excluding hydrogens is 262 g/mol. The first-order valence-electron chi connectivity index (χ1n) is 6.86. The maximum atomic E-state index is 12.0.